The molecule has 4 rings (SSSR count). The Bertz CT molecular complexity index is 1260. The Morgan fingerprint density at radius 3 is 2.54 bits per heavy atom. The third kappa shape index (κ3) is 3.63. The highest BCUT2D eigenvalue weighted by Gasteiger charge is 2.11. The molecule has 0 saturated carbocycles. The van der Waals surface area contributed by atoms with Crippen molar-refractivity contribution in [1.82, 2.24) is 14.6 Å². The third-order valence-corrected chi connectivity index (χ3v) is 5.01. The topological polar surface area (TPSA) is 99.6 Å². The maximum atomic E-state index is 12.6. The molecule has 2 heterocycles. The molecule has 0 radical (unpaired) electrons. The molecule has 2 aromatic heterocycles. The van der Waals surface area contributed by atoms with Crippen LogP contribution in [0, 0.1) is 6.92 Å². The molecule has 8 heteroatoms. The molecule has 2 aromatic carbocycles. The van der Waals surface area contributed by atoms with Gasteiger partial charge in [-0.25, -0.2) is 0 Å². The molecule has 0 fully saturated rings. The number of ether oxygens (including phenoxy) is 1. The Hall–Kier alpha value is -3.52. The van der Waals surface area contributed by atoms with Gasteiger partial charge in [-0.05, 0) is 30.7 Å². The first-order valence-corrected chi connectivity index (χ1v) is 9.31. The zero-order valence-electron chi connectivity index (χ0n) is 15.0. The zero-order valence-corrected chi connectivity index (χ0v) is 15.8. The Morgan fingerprint density at radius 1 is 1.18 bits per heavy atom. The van der Waals surface area contributed by atoms with E-state index in [-0.39, 0.29) is 12.2 Å². The van der Waals surface area contributed by atoms with Crippen LogP contribution >= 0.6 is 11.3 Å². The van der Waals surface area contributed by atoms with Crippen molar-refractivity contribution in [3.63, 3.8) is 0 Å². The molecule has 0 aliphatic carbocycles. The van der Waals surface area contributed by atoms with Crippen molar-refractivity contribution >= 4 is 28.3 Å². The minimum atomic E-state index is -0.536. The molecule has 28 heavy (non-hydrogen) atoms. The predicted molar refractivity (Wildman–Crippen MR) is 107 cm³/mol. The lowest BCUT2D eigenvalue weighted by Gasteiger charge is -2.03. The second-order valence-corrected chi connectivity index (χ2v) is 7.24. The Kier molecular flexibility index (Phi) is 4.62. The molecule has 4 aromatic rings. The molecule has 0 atom stereocenters. The highest BCUT2D eigenvalue weighted by Crippen LogP contribution is 2.17. The summed E-state index contributed by atoms with van der Waals surface area (Å²) in [7, 11) is 0. The highest BCUT2D eigenvalue weighted by atomic mass is 32.1. The SMILES string of the molecule is Cc1ccc(-c2nc3sc(=Cc4ccc(OCC(N)=O)cc4)c(=O)n3n2)cc1. The van der Waals surface area contributed by atoms with Crippen molar-refractivity contribution < 1.29 is 9.53 Å². The summed E-state index contributed by atoms with van der Waals surface area (Å²) >= 11 is 1.28. The van der Waals surface area contributed by atoms with Crippen LogP contribution in [0.2, 0.25) is 0 Å². The number of hydrogen-bond donors (Lipinski definition) is 1. The van der Waals surface area contributed by atoms with Crippen LogP contribution in [0.15, 0.2) is 53.3 Å². The van der Waals surface area contributed by atoms with Gasteiger partial charge >= 0.3 is 0 Å². The summed E-state index contributed by atoms with van der Waals surface area (Å²) in [6.45, 7) is 1.84. The van der Waals surface area contributed by atoms with Crippen LogP contribution < -0.4 is 20.6 Å². The number of thiazole rings is 1. The summed E-state index contributed by atoms with van der Waals surface area (Å²) in [6, 6.07) is 14.9. The number of benzene rings is 2. The lowest BCUT2D eigenvalue weighted by molar-refractivity contribution is -0.119. The molecule has 0 unspecified atom stereocenters. The average Bonchev–Trinajstić information content (AvgIpc) is 3.22. The Balaban J connectivity index is 1.63. The summed E-state index contributed by atoms with van der Waals surface area (Å²) < 4.78 is 7.09. The van der Waals surface area contributed by atoms with E-state index in [2.05, 4.69) is 10.1 Å². The summed E-state index contributed by atoms with van der Waals surface area (Å²) in [5, 5.41) is 4.35. The number of amides is 1. The number of aromatic nitrogens is 3. The van der Waals surface area contributed by atoms with Crippen molar-refractivity contribution in [3.05, 3.63) is 74.5 Å². The van der Waals surface area contributed by atoms with Crippen LogP contribution in [0.25, 0.3) is 22.4 Å². The highest BCUT2D eigenvalue weighted by molar-refractivity contribution is 7.15. The number of rotatable bonds is 5. The van der Waals surface area contributed by atoms with Gasteiger partial charge < -0.3 is 10.5 Å². The number of fused-ring (bicyclic) bond motifs is 1. The predicted octanol–water partition coefficient (Wildman–Crippen LogP) is 1.54. The van der Waals surface area contributed by atoms with Crippen molar-refractivity contribution in [2.75, 3.05) is 6.61 Å². The van der Waals surface area contributed by atoms with E-state index in [1.165, 1.54) is 15.9 Å². The average molecular weight is 392 g/mol. The fraction of sp³-hybridized carbons (Fsp3) is 0.100. The zero-order chi connectivity index (χ0) is 19.7. The van der Waals surface area contributed by atoms with E-state index >= 15 is 0 Å². The van der Waals surface area contributed by atoms with Gasteiger partial charge in [-0.3, -0.25) is 9.59 Å². The van der Waals surface area contributed by atoms with E-state index in [4.69, 9.17) is 10.5 Å². The molecule has 0 saturated heterocycles. The lowest BCUT2D eigenvalue weighted by atomic mass is 10.1. The maximum Gasteiger partial charge on any atom is 0.291 e. The van der Waals surface area contributed by atoms with E-state index < -0.39 is 5.91 Å². The van der Waals surface area contributed by atoms with Gasteiger partial charge in [0.15, 0.2) is 12.4 Å². The maximum absolute atomic E-state index is 12.6. The standard InChI is InChI=1S/C20H16N4O3S/c1-12-2-6-14(7-3-12)18-22-20-24(23-18)19(26)16(28-20)10-13-4-8-15(9-5-13)27-11-17(21)25/h2-10H,11H2,1H3,(H2,21,25). The monoisotopic (exact) mass is 392 g/mol. The minimum Gasteiger partial charge on any atom is -0.484 e. The van der Waals surface area contributed by atoms with Gasteiger partial charge in [0, 0.05) is 5.56 Å². The molecular weight excluding hydrogens is 376 g/mol. The third-order valence-electron chi connectivity index (χ3n) is 4.05. The first kappa shape index (κ1) is 17.9. The van der Waals surface area contributed by atoms with Gasteiger partial charge in [0.2, 0.25) is 4.96 Å². The lowest BCUT2D eigenvalue weighted by Crippen LogP contribution is -2.23. The van der Waals surface area contributed by atoms with E-state index in [0.717, 1.165) is 16.7 Å². The molecule has 0 bridgehead atoms. The van der Waals surface area contributed by atoms with Gasteiger partial charge in [0.05, 0.1) is 4.53 Å². The van der Waals surface area contributed by atoms with Gasteiger partial charge in [0.25, 0.3) is 11.5 Å². The molecule has 0 spiro atoms. The van der Waals surface area contributed by atoms with Crippen molar-refractivity contribution in [3.8, 4) is 17.1 Å². The molecule has 0 aliphatic heterocycles. The smallest absolute Gasteiger partial charge is 0.291 e. The summed E-state index contributed by atoms with van der Waals surface area (Å²) in [5.41, 5.74) is 7.69. The second kappa shape index (κ2) is 7.24. The molecule has 2 N–H and O–H groups in total. The number of carbonyl (C=O) groups excluding carboxylic acids is 1. The fourth-order valence-corrected chi connectivity index (χ4v) is 3.53. The van der Waals surface area contributed by atoms with Crippen molar-refractivity contribution in [2.45, 2.75) is 6.92 Å². The Labute approximate surface area is 163 Å². The van der Waals surface area contributed by atoms with Gasteiger partial charge in [0.1, 0.15) is 5.75 Å². The number of hydrogen-bond acceptors (Lipinski definition) is 6. The Morgan fingerprint density at radius 2 is 1.89 bits per heavy atom. The number of primary amides is 1. The second-order valence-electron chi connectivity index (χ2n) is 6.24. The van der Waals surface area contributed by atoms with Gasteiger partial charge in [-0.1, -0.05) is 53.3 Å². The first-order valence-electron chi connectivity index (χ1n) is 8.49. The molecule has 0 aliphatic rings. The van der Waals surface area contributed by atoms with Gasteiger partial charge in [-0.15, -0.1) is 5.10 Å². The van der Waals surface area contributed by atoms with Crippen LogP contribution in [0.5, 0.6) is 5.75 Å². The molecule has 140 valence electrons. The van der Waals surface area contributed by atoms with Crippen molar-refractivity contribution in [1.29, 1.82) is 0 Å². The molecule has 7 nitrogen and oxygen atoms in total. The van der Waals surface area contributed by atoms with Crippen LogP contribution in [0.3, 0.4) is 0 Å². The van der Waals surface area contributed by atoms with E-state index in [9.17, 15) is 9.59 Å². The summed E-state index contributed by atoms with van der Waals surface area (Å²) in [5.74, 6) is 0.528. The number of aryl methyl sites for hydroxylation is 1. The van der Waals surface area contributed by atoms with E-state index in [1.54, 1.807) is 30.3 Å². The van der Waals surface area contributed by atoms with Crippen LogP contribution in [0.4, 0.5) is 0 Å². The molecular formula is C20H16N4O3S. The summed E-state index contributed by atoms with van der Waals surface area (Å²) in [4.78, 5) is 28.4. The quantitative estimate of drug-likeness (QED) is 0.555. The minimum absolute atomic E-state index is 0.176. The first-order chi connectivity index (χ1) is 13.5. The van der Waals surface area contributed by atoms with Crippen LogP contribution in [0.1, 0.15) is 11.1 Å². The van der Waals surface area contributed by atoms with Crippen molar-refractivity contribution in [2.24, 2.45) is 5.73 Å². The normalized spacial score (nSPS) is 11.8. The fourth-order valence-electron chi connectivity index (χ4n) is 2.62. The van der Waals surface area contributed by atoms with Crippen LogP contribution in [-0.2, 0) is 4.79 Å². The van der Waals surface area contributed by atoms with Crippen LogP contribution in [-0.4, -0.2) is 27.1 Å². The number of carbonyl (C=O) groups is 1. The molecule has 1 amide bonds. The van der Waals surface area contributed by atoms with Gasteiger partial charge in [-0.2, -0.15) is 9.50 Å². The largest absolute Gasteiger partial charge is 0.484 e. The number of nitrogens with two attached hydrogens (primary N) is 1. The summed E-state index contributed by atoms with van der Waals surface area (Å²) in [6.07, 6.45) is 1.77. The van der Waals surface area contributed by atoms with E-state index in [1.807, 2.05) is 31.2 Å². The number of nitrogens with zero attached hydrogens (tertiary/aromatic N) is 3. The van der Waals surface area contributed by atoms with E-state index in [0.29, 0.717) is 21.1 Å².